The quantitative estimate of drug-likeness (QED) is 0.880. The van der Waals surface area contributed by atoms with Crippen LogP contribution >= 0.6 is 0 Å². The van der Waals surface area contributed by atoms with Crippen LogP contribution < -0.4 is 10.5 Å². The Balaban J connectivity index is 2.60. The van der Waals surface area contributed by atoms with Gasteiger partial charge in [0.1, 0.15) is 5.75 Å². The zero-order valence-electron chi connectivity index (χ0n) is 10.3. The van der Waals surface area contributed by atoms with Crippen molar-refractivity contribution < 1.29 is 4.74 Å². The van der Waals surface area contributed by atoms with Crippen molar-refractivity contribution in [2.24, 2.45) is 12.8 Å². The van der Waals surface area contributed by atoms with Crippen LogP contribution in [0, 0.1) is 0 Å². The zero-order chi connectivity index (χ0) is 12.4. The van der Waals surface area contributed by atoms with E-state index in [0.717, 1.165) is 22.6 Å². The van der Waals surface area contributed by atoms with Gasteiger partial charge in [0.25, 0.3) is 0 Å². The van der Waals surface area contributed by atoms with Crippen LogP contribution in [0.1, 0.15) is 18.7 Å². The Labute approximate surface area is 101 Å². The molecule has 4 nitrogen and oxygen atoms in total. The average molecular weight is 231 g/mol. The second kappa shape index (κ2) is 4.59. The summed E-state index contributed by atoms with van der Waals surface area (Å²) in [7, 11) is 3.57. The van der Waals surface area contributed by atoms with Crippen molar-refractivity contribution in [3.8, 4) is 16.9 Å². The number of hydrogen-bond acceptors (Lipinski definition) is 3. The van der Waals surface area contributed by atoms with E-state index in [2.05, 4.69) is 5.10 Å². The van der Waals surface area contributed by atoms with Crippen LogP contribution in [0.5, 0.6) is 5.75 Å². The molecule has 17 heavy (non-hydrogen) atoms. The molecular weight excluding hydrogens is 214 g/mol. The molecule has 90 valence electrons. The van der Waals surface area contributed by atoms with Crippen molar-refractivity contribution in [3.05, 3.63) is 36.2 Å². The van der Waals surface area contributed by atoms with Gasteiger partial charge in [0.15, 0.2) is 0 Å². The van der Waals surface area contributed by atoms with E-state index in [1.807, 2.05) is 49.1 Å². The van der Waals surface area contributed by atoms with Gasteiger partial charge in [-0.2, -0.15) is 5.10 Å². The van der Waals surface area contributed by atoms with Crippen molar-refractivity contribution in [3.63, 3.8) is 0 Å². The van der Waals surface area contributed by atoms with Gasteiger partial charge >= 0.3 is 0 Å². The molecule has 0 saturated carbocycles. The first kappa shape index (κ1) is 11.7. The van der Waals surface area contributed by atoms with E-state index < -0.39 is 0 Å². The third-order valence-corrected chi connectivity index (χ3v) is 2.81. The number of ether oxygens (including phenoxy) is 1. The SMILES string of the molecule is COc1ccccc1-c1cnn(C)c1C(C)N. The lowest BCUT2D eigenvalue weighted by Gasteiger charge is -2.12. The first-order valence-electron chi connectivity index (χ1n) is 5.56. The van der Waals surface area contributed by atoms with E-state index in [4.69, 9.17) is 10.5 Å². The molecule has 0 fully saturated rings. The molecule has 0 bridgehead atoms. The van der Waals surface area contributed by atoms with E-state index in [-0.39, 0.29) is 6.04 Å². The van der Waals surface area contributed by atoms with Crippen LogP contribution in [-0.2, 0) is 7.05 Å². The van der Waals surface area contributed by atoms with Gasteiger partial charge in [0, 0.05) is 24.2 Å². The summed E-state index contributed by atoms with van der Waals surface area (Å²) >= 11 is 0. The second-order valence-corrected chi connectivity index (χ2v) is 4.06. The molecule has 1 heterocycles. The lowest BCUT2D eigenvalue weighted by Crippen LogP contribution is -2.11. The monoisotopic (exact) mass is 231 g/mol. The second-order valence-electron chi connectivity index (χ2n) is 4.06. The Morgan fingerprint density at radius 2 is 2.00 bits per heavy atom. The molecule has 0 radical (unpaired) electrons. The molecule has 1 unspecified atom stereocenters. The van der Waals surface area contributed by atoms with Crippen LogP contribution in [0.15, 0.2) is 30.5 Å². The summed E-state index contributed by atoms with van der Waals surface area (Å²) < 4.78 is 7.18. The van der Waals surface area contributed by atoms with E-state index in [1.165, 1.54) is 0 Å². The minimum absolute atomic E-state index is 0.0672. The lowest BCUT2D eigenvalue weighted by molar-refractivity contribution is 0.416. The Bertz CT molecular complexity index is 517. The van der Waals surface area contributed by atoms with Gasteiger partial charge in [-0.3, -0.25) is 4.68 Å². The summed E-state index contributed by atoms with van der Waals surface area (Å²) in [5.41, 5.74) is 9.05. The van der Waals surface area contributed by atoms with Crippen molar-refractivity contribution in [2.45, 2.75) is 13.0 Å². The van der Waals surface area contributed by atoms with Crippen LogP contribution in [0.25, 0.3) is 11.1 Å². The summed E-state index contributed by atoms with van der Waals surface area (Å²) in [6.07, 6.45) is 1.83. The summed E-state index contributed by atoms with van der Waals surface area (Å²) in [6, 6.07) is 7.82. The van der Waals surface area contributed by atoms with E-state index in [9.17, 15) is 0 Å². The van der Waals surface area contributed by atoms with Crippen molar-refractivity contribution in [1.82, 2.24) is 9.78 Å². The molecule has 1 aromatic heterocycles. The highest BCUT2D eigenvalue weighted by molar-refractivity contribution is 5.72. The smallest absolute Gasteiger partial charge is 0.126 e. The minimum atomic E-state index is -0.0672. The van der Waals surface area contributed by atoms with Crippen LogP contribution in [-0.4, -0.2) is 16.9 Å². The number of rotatable bonds is 3. The van der Waals surface area contributed by atoms with Crippen molar-refractivity contribution in [1.29, 1.82) is 0 Å². The highest BCUT2D eigenvalue weighted by Crippen LogP contribution is 2.33. The summed E-state index contributed by atoms with van der Waals surface area (Å²) in [5.74, 6) is 0.836. The number of nitrogens with zero attached hydrogens (tertiary/aromatic N) is 2. The Morgan fingerprint density at radius 1 is 1.29 bits per heavy atom. The molecule has 1 aromatic carbocycles. The molecule has 2 rings (SSSR count). The third-order valence-electron chi connectivity index (χ3n) is 2.81. The number of hydrogen-bond donors (Lipinski definition) is 1. The zero-order valence-corrected chi connectivity index (χ0v) is 10.3. The van der Waals surface area contributed by atoms with Gasteiger partial charge in [-0.15, -0.1) is 0 Å². The van der Waals surface area contributed by atoms with Crippen molar-refractivity contribution in [2.75, 3.05) is 7.11 Å². The number of aromatic nitrogens is 2. The van der Waals surface area contributed by atoms with Gasteiger partial charge in [-0.05, 0) is 13.0 Å². The Kier molecular flexibility index (Phi) is 3.15. The van der Waals surface area contributed by atoms with Gasteiger partial charge in [0.05, 0.1) is 19.0 Å². The van der Waals surface area contributed by atoms with Gasteiger partial charge in [0.2, 0.25) is 0 Å². The summed E-state index contributed by atoms with van der Waals surface area (Å²) in [4.78, 5) is 0. The van der Waals surface area contributed by atoms with Crippen LogP contribution in [0.3, 0.4) is 0 Å². The number of para-hydroxylation sites is 1. The molecule has 4 heteroatoms. The predicted molar refractivity (Wildman–Crippen MR) is 67.8 cm³/mol. The molecule has 1 atom stereocenters. The lowest BCUT2D eigenvalue weighted by atomic mass is 10.0. The highest BCUT2D eigenvalue weighted by Gasteiger charge is 2.16. The number of benzene rings is 1. The maximum Gasteiger partial charge on any atom is 0.126 e. The van der Waals surface area contributed by atoms with Gasteiger partial charge in [-0.1, -0.05) is 18.2 Å². The maximum atomic E-state index is 5.99. The normalized spacial score (nSPS) is 12.5. The molecule has 0 amide bonds. The molecule has 0 aliphatic rings. The standard InChI is InChI=1S/C13H17N3O/c1-9(14)13-11(8-15-16(13)2)10-6-4-5-7-12(10)17-3/h4-9H,14H2,1-3H3. The molecule has 0 saturated heterocycles. The van der Waals surface area contributed by atoms with Crippen molar-refractivity contribution >= 4 is 0 Å². The fourth-order valence-corrected chi connectivity index (χ4v) is 2.06. The Morgan fingerprint density at radius 3 is 2.65 bits per heavy atom. The Hall–Kier alpha value is -1.81. The van der Waals surface area contributed by atoms with E-state index in [1.54, 1.807) is 7.11 Å². The fourth-order valence-electron chi connectivity index (χ4n) is 2.06. The fraction of sp³-hybridized carbons (Fsp3) is 0.308. The number of nitrogens with two attached hydrogens (primary N) is 1. The molecule has 0 aliphatic heterocycles. The predicted octanol–water partition coefficient (Wildman–Crippen LogP) is 2.12. The first-order chi connectivity index (χ1) is 8.15. The van der Waals surface area contributed by atoms with Crippen LogP contribution in [0.2, 0.25) is 0 Å². The molecule has 2 N–H and O–H groups in total. The third kappa shape index (κ3) is 2.03. The molecule has 2 aromatic rings. The van der Waals surface area contributed by atoms with E-state index >= 15 is 0 Å². The largest absolute Gasteiger partial charge is 0.496 e. The minimum Gasteiger partial charge on any atom is -0.496 e. The van der Waals surface area contributed by atoms with E-state index in [0.29, 0.717) is 0 Å². The van der Waals surface area contributed by atoms with Gasteiger partial charge in [-0.25, -0.2) is 0 Å². The highest BCUT2D eigenvalue weighted by atomic mass is 16.5. The number of methoxy groups -OCH3 is 1. The van der Waals surface area contributed by atoms with Gasteiger partial charge < -0.3 is 10.5 Å². The average Bonchev–Trinajstić information content (AvgIpc) is 2.71. The maximum absolute atomic E-state index is 5.99. The molecule has 0 aliphatic carbocycles. The van der Waals surface area contributed by atoms with Crippen LogP contribution in [0.4, 0.5) is 0 Å². The number of aryl methyl sites for hydroxylation is 1. The molecule has 0 spiro atoms. The topological polar surface area (TPSA) is 53.1 Å². The summed E-state index contributed by atoms with van der Waals surface area (Å²) in [6.45, 7) is 1.95. The molecular formula is C13H17N3O. The first-order valence-corrected chi connectivity index (χ1v) is 5.56. The summed E-state index contributed by atoms with van der Waals surface area (Å²) in [5, 5.41) is 4.27.